The molecule has 0 bridgehead atoms. The lowest BCUT2D eigenvalue weighted by atomic mass is 9.94. The van der Waals surface area contributed by atoms with Gasteiger partial charge in [-0.1, -0.05) is 76.6 Å². The van der Waals surface area contributed by atoms with Gasteiger partial charge in [0.2, 0.25) is 0 Å². The average Bonchev–Trinajstić information content (AvgIpc) is 2.90. The lowest BCUT2D eigenvalue weighted by Gasteiger charge is -2.19. The number of aliphatic hydroxyl groups excluding tert-OH is 2. The number of unbranched alkanes of at least 4 members (excludes halogenated alkanes) is 6. The maximum atomic E-state index is 12.0. The van der Waals surface area contributed by atoms with Crippen molar-refractivity contribution in [2.75, 3.05) is 0 Å². The molecular weight excluding hydrogens is 452 g/mol. The van der Waals surface area contributed by atoms with Crippen LogP contribution in [0.5, 0.6) is 0 Å². The van der Waals surface area contributed by atoms with Crippen LogP contribution >= 0.6 is 0 Å². The van der Waals surface area contributed by atoms with Crippen LogP contribution in [0.4, 0.5) is 11.4 Å². The quantitative estimate of drug-likeness (QED) is 0.368. The number of aliphatic hydroxyl groups is 2. The molecule has 0 aliphatic carbocycles. The normalized spacial score (nSPS) is 18.4. The van der Waals surface area contributed by atoms with Gasteiger partial charge >= 0.3 is 0 Å². The fourth-order valence-electron chi connectivity index (χ4n) is 4.44. The van der Waals surface area contributed by atoms with E-state index in [0.29, 0.717) is 46.8 Å². The highest BCUT2D eigenvalue weighted by Crippen LogP contribution is 2.28. The van der Waals surface area contributed by atoms with Gasteiger partial charge in [0.1, 0.15) is 0 Å². The number of carbonyl (C=O) groups excluding carboxylic acids is 2. The van der Waals surface area contributed by atoms with E-state index >= 15 is 0 Å². The number of hydrogen-bond acceptors (Lipinski definition) is 6. The number of aliphatic imine (C=N–C) groups is 2. The topological polar surface area (TPSA) is 99.3 Å². The molecule has 6 heteroatoms. The predicted octanol–water partition coefficient (Wildman–Crippen LogP) is 6.57. The number of para-hydroxylation sites is 2. The van der Waals surface area contributed by atoms with Crippen molar-refractivity contribution in [1.82, 2.24) is 0 Å². The van der Waals surface area contributed by atoms with Crippen molar-refractivity contribution in [3.05, 3.63) is 59.7 Å². The van der Waals surface area contributed by atoms with Crippen LogP contribution in [0.25, 0.3) is 0 Å². The summed E-state index contributed by atoms with van der Waals surface area (Å²) in [5.74, 6) is -0.434. The van der Waals surface area contributed by atoms with Gasteiger partial charge in [-0.3, -0.25) is 19.6 Å². The maximum absolute atomic E-state index is 12.0. The molecule has 6 nitrogen and oxygen atoms in total. The van der Waals surface area contributed by atoms with Crippen LogP contribution < -0.4 is 0 Å². The Hall–Kier alpha value is -2.96. The minimum Gasteiger partial charge on any atom is -0.379 e. The molecule has 192 valence electrons. The zero-order chi connectivity index (χ0) is 25.9. The molecule has 2 N–H and O–H groups in total. The summed E-state index contributed by atoms with van der Waals surface area (Å²) in [6.07, 6.45) is 8.33. The van der Waals surface area contributed by atoms with Crippen LogP contribution in [0.15, 0.2) is 58.5 Å². The van der Waals surface area contributed by atoms with E-state index in [1.165, 1.54) is 19.3 Å². The Morgan fingerprint density at radius 2 is 1.00 bits per heavy atom. The van der Waals surface area contributed by atoms with E-state index in [2.05, 4.69) is 23.8 Å². The SMILES string of the molecule is CCCCCC1=Nc2ccccc2C(=O)C1O.CCCCCCCC1=Nc2ccccc2C(=O)C1O. The number of rotatable bonds is 10. The fraction of sp³-hybridized carbons (Fsp3) is 0.467. The molecular formula is C30H38N2O4. The number of nitrogens with zero attached hydrogens (tertiary/aromatic N) is 2. The first-order valence-electron chi connectivity index (χ1n) is 13.2. The van der Waals surface area contributed by atoms with Gasteiger partial charge in [-0.25, -0.2) is 0 Å². The number of Topliss-reactive ketones (excluding diaryl/α,β-unsaturated/α-hetero) is 2. The number of carbonyl (C=O) groups is 2. The van der Waals surface area contributed by atoms with Crippen molar-refractivity contribution in [3.63, 3.8) is 0 Å². The Morgan fingerprint density at radius 3 is 1.47 bits per heavy atom. The van der Waals surface area contributed by atoms with E-state index in [-0.39, 0.29) is 11.6 Å². The van der Waals surface area contributed by atoms with Gasteiger partial charge in [0.05, 0.1) is 22.8 Å². The Balaban J connectivity index is 0.000000202. The highest BCUT2D eigenvalue weighted by atomic mass is 16.3. The third kappa shape index (κ3) is 7.05. The summed E-state index contributed by atoms with van der Waals surface area (Å²) in [6.45, 7) is 4.31. The Labute approximate surface area is 214 Å². The summed E-state index contributed by atoms with van der Waals surface area (Å²) in [5, 5.41) is 19.9. The standard InChI is InChI=1S/C16H21NO2.C14H17NO2/c1-2-3-4-5-6-11-14-16(19)15(18)12-9-7-8-10-13(12)17-14;1-2-3-4-9-12-14(17)13(16)10-7-5-6-8-11(10)15-12/h7-10,16,19H,2-6,11H2,1H3;5-8,14,17H,2-4,9H2,1H3. The van der Waals surface area contributed by atoms with E-state index in [4.69, 9.17) is 0 Å². The Kier molecular flexibility index (Phi) is 10.7. The molecule has 2 aliphatic heterocycles. The molecule has 0 spiro atoms. The maximum Gasteiger partial charge on any atom is 0.199 e. The first-order valence-corrected chi connectivity index (χ1v) is 13.2. The number of fused-ring (bicyclic) bond motifs is 2. The van der Waals surface area contributed by atoms with Gasteiger partial charge in [-0.15, -0.1) is 0 Å². The average molecular weight is 491 g/mol. The van der Waals surface area contributed by atoms with Crippen LogP contribution in [0.1, 0.15) is 98.8 Å². The number of benzene rings is 2. The van der Waals surface area contributed by atoms with Crippen molar-refractivity contribution in [1.29, 1.82) is 0 Å². The molecule has 0 fully saturated rings. The van der Waals surface area contributed by atoms with E-state index in [9.17, 15) is 19.8 Å². The molecule has 2 unspecified atom stereocenters. The summed E-state index contributed by atoms with van der Waals surface area (Å²) in [4.78, 5) is 32.8. The molecule has 2 aromatic carbocycles. The van der Waals surface area contributed by atoms with Crippen LogP contribution in [0, 0.1) is 0 Å². The van der Waals surface area contributed by atoms with Crippen LogP contribution in [0.3, 0.4) is 0 Å². The monoisotopic (exact) mass is 490 g/mol. The first-order chi connectivity index (χ1) is 17.5. The molecule has 2 aliphatic rings. The summed E-state index contributed by atoms with van der Waals surface area (Å²) < 4.78 is 0. The van der Waals surface area contributed by atoms with Crippen LogP contribution in [-0.2, 0) is 0 Å². The summed E-state index contributed by atoms with van der Waals surface area (Å²) >= 11 is 0. The van der Waals surface area contributed by atoms with E-state index in [1.54, 1.807) is 24.3 Å². The molecule has 2 atom stereocenters. The van der Waals surface area contributed by atoms with Crippen molar-refractivity contribution in [2.45, 2.75) is 90.3 Å². The van der Waals surface area contributed by atoms with Gasteiger partial charge < -0.3 is 10.2 Å². The minimum atomic E-state index is -1.04. The molecule has 0 radical (unpaired) electrons. The molecule has 0 saturated carbocycles. The van der Waals surface area contributed by atoms with Crippen LogP contribution in [-0.4, -0.2) is 45.4 Å². The summed E-state index contributed by atoms with van der Waals surface area (Å²) in [6, 6.07) is 14.4. The zero-order valence-electron chi connectivity index (χ0n) is 21.4. The molecule has 4 rings (SSSR count). The molecule has 0 saturated heterocycles. The highest BCUT2D eigenvalue weighted by molar-refractivity contribution is 6.20. The predicted molar refractivity (Wildman–Crippen MR) is 145 cm³/mol. The fourth-order valence-corrected chi connectivity index (χ4v) is 4.44. The molecule has 2 aromatic rings. The van der Waals surface area contributed by atoms with Crippen LogP contribution in [0.2, 0.25) is 0 Å². The second-order valence-electron chi connectivity index (χ2n) is 9.40. The van der Waals surface area contributed by atoms with Gasteiger partial charge in [-0.05, 0) is 49.9 Å². The Bertz CT molecular complexity index is 1110. The van der Waals surface area contributed by atoms with Gasteiger partial charge in [0.15, 0.2) is 23.8 Å². The molecule has 2 heterocycles. The second kappa shape index (κ2) is 14.0. The summed E-state index contributed by atoms with van der Waals surface area (Å²) in [5.41, 5.74) is 3.68. The smallest absolute Gasteiger partial charge is 0.199 e. The molecule has 0 aromatic heterocycles. The van der Waals surface area contributed by atoms with Crippen molar-refractivity contribution >= 4 is 34.4 Å². The number of hydrogen-bond donors (Lipinski definition) is 2. The summed E-state index contributed by atoms with van der Waals surface area (Å²) in [7, 11) is 0. The number of ketones is 2. The minimum absolute atomic E-state index is 0.214. The molecule has 36 heavy (non-hydrogen) atoms. The van der Waals surface area contributed by atoms with Gasteiger partial charge in [0, 0.05) is 11.1 Å². The molecule has 0 amide bonds. The van der Waals surface area contributed by atoms with Gasteiger partial charge in [0.25, 0.3) is 0 Å². The van der Waals surface area contributed by atoms with E-state index in [0.717, 1.165) is 32.1 Å². The van der Waals surface area contributed by atoms with Gasteiger partial charge in [-0.2, -0.15) is 0 Å². The highest BCUT2D eigenvalue weighted by Gasteiger charge is 2.29. The second-order valence-corrected chi connectivity index (χ2v) is 9.40. The third-order valence-corrected chi connectivity index (χ3v) is 6.57. The van der Waals surface area contributed by atoms with Crippen molar-refractivity contribution in [2.24, 2.45) is 9.98 Å². The van der Waals surface area contributed by atoms with Crippen molar-refractivity contribution < 1.29 is 19.8 Å². The zero-order valence-corrected chi connectivity index (χ0v) is 21.4. The lowest BCUT2D eigenvalue weighted by Crippen LogP contribution is -2.32. The largest absolute Gasteiger partial charge is 0.379 e. The Morgan fingerprint density at radius 1 is 0.611 bits per heavy atom. The van der Waals surface area contributed by atoms with E-state index < -0.39 is 12.2 Å². The van der Waals surface area contributed by atoms with Crippen molar-refractivity contribution in [3.8, 4) is 0 Å². The third-order valence-electron chi connectivity index (χ3n) is 6.57. The van der Waals surface area contributed by atoms with E-state index in [1.807, 2.05) is 24.3 Å². The first kappa shape index (κ1) is 27.6. The lowest BCUT2D eigenvalue weighted by molar-refractivity contribution is 0.0833.